The molecule has 2 aromatic heterocycles. The van der Waals surface area contributed by atoms with Crippen molar-refractivity contribution in [3.05, 3.63) is 21.8 Å². The molecule has 1 aliphatic rings. The highest BCUT2D eigenvalue weighted by atomic mass is 32.2. The van der Waals surface area contributed by atoms with Crippen molar-refractivity contribution in [2.75, 3.05) is 11.1 Å². The average molecular weight is 508 g/mol. The maximum absolute atomic E-state index is 12.7. The minimum Gasteiger partial charge on any atom is -0.459 e. The number of anilines is 1. The topological polar surface area (TPSA) is 129 Å². The number of primary amides is 1. The van der Waals surface area contributed by atoms with Gasteiger partial charge in [0, 0.05) is 13.0 Å². The normalized spacial score (nSPS) is 14.4. The molecule has 0 aromatic carbocycles. The Hall–Kier alpha value is -2.40. The molecular formula is C23H33N5O4S2. The fourth-order valence-electron chi connectivity index (χ4n) is 4.19. The lowest BCUT2D eigenvalue weighted by atomic mass is 9.87. The first kappa shape index (κ1) is 26.2. The van der Waals surface area contributed by atoms with E-state index in [1.807, 2.05) is 6.92 Å². The van der Waals surface area contributed by atoms with Crippen molar-refractivity contribution >= 4 is 45.9 Å². The van der Waals surface area contributed by atoms with Gasteiger partial charge in [-0.3, -0.25) is 9.59 Å². The van der Waals surface area contributed by atoms with Crippen molar-refractivity contribution in [1.82, 2.24) is 14.8 Å². The molecule has 2 amide bonds. The SMILES string of the molecule is CCn1c(CC2CCCCC2)nnc1SCC(=O)Nc1sc(C(N)=O)c(C)c1C(=O)OC(C)C. The van der Waals surface area contributed by atoms with Crippen LogP contribution < -0.4 is 11.1 Å². The van der Waals surface area contributed by atoms with Crippen LogP contribution in [0.3, 0.4) is 0 Å². The highest BCUT2D eigenvalue weighted by Gasteiger charge is 2.27. The number of thiophene rings is 1. The van der Waals surface area contributed by atoms with E-state index in [1.165, 1.54) is 43.9 Å². The van der Waals surface area contributed by atoms with Gasteiger partial charge in [-0.15, -0.1) is 21.5 Å². The summed E-state index contributed by atoms with van der Waals surface area (Å²) in [7, 11) is 0. The summed E-state index contributed by atoms with van der Waals surface area (Å²) < 4.78 is 7.36. The van der Waals surface area contributed by atoms with Crippen LogP contribution >= 0.6 is 23.1 Å². The maximum Gasteiger partial charge on any atom is 0.341 e. The minimum absolute atomic E-state index is 0.0864. The van der Waals surface area contributed by atoms with Gasteiger partial charge in [-0.05, 0) is 39.2 Å². The monoisotopic (exact) mass is 507 g/mol. The van der Waals surface area contributed by atoms with Gasteiger partial charge in [-0.25, -0.2) is 4.79 Å². The van der Waals surface area contributed by atoms with Gasteiger partial charge in [0.2, 0.25) is 5.91 Å². The standard InChI is InChI=1S/C23H33N5O4S2/c1-5-28-16(11-15-9-7-6-8-10-15)26-27-23(28)33-12-17(29)25-21-18(22(31)32-13(2)3)14(4)19(34-21)20(24)30/h13,15H,5-12H2,1-4H3,(H2,24,30)(H,25,29). The Labute approximate surface area is 208 Å². The highest BCUT2D eigenvalue weighted by Crippen LogP contribution is 2.34. The van der Waals surface area contributed by atoms with Gasteiger partial charge in [0.25, 0.3) is 5.91 Å². The third kappa shape index (κ3) is 6.38. The van der Waals surface area contributed by atoms with Crippen LogP contribution in [0.25, 0.3) is 0 Å². The lowest BCUT2D eigenvalue weighted by Crippen LogP contribution is -2.18. The molecule has 34 heavy (non-hydrogen) atoms. The predicted molar refractivity (Wildman–Crippen MR) is 133 cm³/mol. The Morgan fingerprint density at radius 1 is 1.24 bits per heavy atom. The summed E-state index contributed by atoms with van der Waals surface area (Å²) in [5, 5.41) is 12.4. The molecule has 1 aliphatic carbocycles. The van der Waals surface area contributed by atoms with E-state index >= 15 is 0 Å². The first-order chi connectivity index (χ1) is 16.2. The average Bonchev–Trinajstić information content (AvgIpc) is 3.32. The fraction of sp³-hybridized carbons (Fsp3) is 0.609. The number of nitrogens with zero attached hydrogens (tertiary/aromatic N) is 3. The van der Waals surface area contributed by atoms with E-state index in [0.717, 1.165) is 30.1 Å². The molecule has 0 aliphatic heterocycles. The maximum atomic E-state index is 12.7. The number of nitrogens with one attached hydrogen (secondary N) is 1. The number of amides is 2. The molecule has 0 unspecified atom stereocenters. The van der Waals surface area contributed by atoms with Crippen molar-refractivity contribution in [2.45, 2.75) is 84.0 Å². The van der Waals surface area contributed by atoms with Gasteiger partial charge in [0.15, 0.2) is 5.16 Å². The van der Waals surface area contributed by atoms with Crippen molar-refractivity contribution in [1.29, 1.82) is 0 Å². The zero-order chi connectivity index (χ0) is 24.8. The van der Waals surface area contributed by atoms with Gasteiger partial charge < -0.3 is 20.4 Å². The van der Waals surface area contributed by atoms with Crippen LogP contribution in [0.1, 0.15) is 84.3 Å². The Bertz CT molecular complexity index is 1040. The van der Waals surface area contributed by atoms with Crippen LogP contribution in [0, 0.1) is 12.8 Å². The van der Waals surface area contributed by atoms with Gasteiger partial charge in [0.05, 0.1) is 22.3 Å². The van der Waals surface area contributed by atoms with E-state index in [2.05, 4.69) is 20.1 Å². The molecule has 2 heterocycles. The number of aromatic nitrogens is 3. The van der Waals surface area contributed by atoms with Crippen LogP contribution in [-0.4, -0.2) is 44.4 Å². The van der Waals surface area contributed by atoms with E-state index in [0.29, 0.717) is 16.6 Å². The summed E-state index contributed by atoms with van der Waals surface area (Å²) in [4.78, 5) is 37.4. The Morgan fingerprint density at radius 3 is 2.56 bits per heavy atom. The number of hydrogen-bond acceptors (Lipinski definition) is 8. The third-order valence-electron chi connectivity index (χ3n) is 5.81. The summed E-state index contributed by atoms with van der Waals surface area (Å²) in [6.07, 6.45) is 6.91. The Balaban J connectivity index is 1.69. The molecule has 1 saturated carbocycles. The van der Waals surface area contributed by atoms with Crippen molar-refractivity contribution in [3.63, 3.8) is 0 Å². The summed E-state index contributed by atoms with van der Waals surface area (Å²) >= 11 is 2.28. The highest BCUT2D eigenvalue weighted by molar-refractivity contribution is 7.99. The zero-order valence-corrected chi connectivity index (χ0v) is 21.8. The van der Waals surface area contributed by atoms with E-state index in [9.17, 15) is 14.4 Å². The molecular weight excluding hydrogens is 474 g/mol. The summed E-state index contributed by atoms with van der Waals surface area (Å²) in [5.74, 6) is 0.129. The first-order valence-electron chi connectivity index (χ1n) is 11.7. The van der Waals surface area contributed by atoms with Crippen LogP contribution in [0.15, 0.2) is 5.16 Å². The second-order valence-corrected chi connectivity index (χ2v) is 10.7. The second kappa shape index (κ2) is 11.8. The van der Waals surface area contributed by atoms with E-state index < -0.39 is 11.9 Å². The molecule has 9 nitrogen and oxygen atoms in total. The van der Waals surface area contributed by atoms with Gasteiger partial charge in [0.1, 0.15) is 10.8 Å². The molecule has 11 heteroatoms. The molecule has 2 aromatic rings. The van der Waals surface area contributed by atoms with Gasteiger partial charge >= 0.3 is 5.97 Å². The van der Waals surface area contributed by atoms with Crippen molar-refractivity contribution < 1.29 is 19.1 Å². The molecule has 3 rings (SSSR count). The van der Waals surface area contributed by atoms with E-state index in [1.54, 1.807) is 20.8 Å². The molecule has 0 atom stereocenters. The van der Waals surface area contributed by atoms with Crippen LogP contribution in [0.2, 0.25) is 0 Å². The van der Waals surface area contributed by atoms with Crippen LogP contribution in [0.5, 0.6) is 0 Å². The van der Waals surface area contributed by atoms with Crippen molar-refractivity contribution in [3.8, 4) is 0 Å². The first-order valence-corrected chi connectivity index (χ1v) is 13.5. The van der Waals surface area contributed by atoms with Crippen LogP contribution in [-0.2, 0) is 22.5 Å². The predicted octanol–water partition coefficient (Wildman–Crippen LogP) is 4.19. The van der Waals surface area contributed by atoms with Gasteiger partial charge in [-0.2, -0.15) is 0 Å². The number of rotatable bonds is 10. The number of nitrogens with two attached hydrogens (primary N) is 1. The summed E-state index contributed by atoms with van der Waals surface area (Å²) in [5.41, 5.74) is 6.02. The molecule has 0 radical (unpaired) electrons. The van der Waals surface area contributed by atoms with Crippen LogP contribution in [0.4, 0.5) is 5.00 Å². The number of ether oxygens (including phenoxy) is 1. The zero-order valence-electron chi connectivity index (χ0n) is 20.2. The fourth-order valence-corrected chi connectivity index (χ4v) is 6.08. The second-order valence-electron chi connectivity index (χ2n) is 8.77. The molecule has 0 saturated heterocycles. The number of thioether (sulfide) groups is 1. The van der Waals surface area contributed by atoms with E-state index in [-0.39, 0.29) is 33.2 Å². The number of carbonyl (C=O) groups is 3. The molecule has 1 fully saturated rings. The van der Waals surface area contributed by atoms with Gasteiger partial charge in [-0.1, -0.05) is 43.9 Å². The smallest absolute Gasteiger partial charge is 0.341 e. The molecule has 3 N–H and O–H groups in total. The molecule has 0 spiro atoms. The largest absolute Gasteiger partial charge is 0.459 e. The Kier molecular flexibility index (Phi) is 9.12. The lowest BCUT2D eigenvalue weighted by molar-refractivity contribution is -0.113. The Morgan fingerprint density at radius 2 is 1.94 bits per heavy atom. The lowest BCUT2D eigenvalue weighted by Gasteiger charge is -2.21. The van der Waals surface area contributed by atoms with E-state index in [4.69, 9.17) is 10.5 Å². The number of carbonyl (C=O) groups excluding carboxylic acids is 3. The summed E-state index contributed by atoms with van der Waals surface area (Å²) in [6, 6.07) is 0. The number of hydrogen-bond donors (Lipinski definition) is 2. The van der Waals surface area contributed by atoms with Crippen molar-refractivity contribution in [2.24, 2.45) is 11.7 Å². The quantitative estimate of drug-likeness (QED) is 0.364. The minimum atomic E-state index is -0.655. The number of esters is 1. The third-order valence-corrected chi connectivity index (χ3v) is 8.00. The molecule has 0 bridgehead atoms. The summed E-state index contributed by atoms with van der Waals surface area (Å²) in [6.45, 7) is 7.86. The molecule has 186 valence electrons.